The standard InChI is InChI=1S/C50H50N2/c1-35-18-26-43(27-19-35)51(42-16-10-9-11-17-42)46-33-41(50(6,7)8)34-47(48(46)39-23-22-37-14-12-13-15-38(37)32-39)52(44-28-20-36(2)21-29-44)45-30-24-40(25-31-45)49(3,4)5/h9-34H,1-8H3. The van der Waals surface area contributed by atoms with Gasteiger partial charge in [0.1, 0.15) is 0 Å². The molecular formula is C50H50N2. The summed E-state index contributed by atoms with van der Waals surface area (Å²) in [5, 5.41) is 2.45. The fourth-order valence-electron chi connectivity index (χ4n) is 6.97. The van der Waals surface area contributed by atoms with Crippen molar-refractivity contribution in [3.8, 4) is 11.1 Å². The van der Waals surface area contributed by atoms with Gasteiger partial charge in [-0.3, -0.25) is 0 Å². The normalized spacial score (nSPS) is 11.8. The Morgan fingerprint density at radius 2 is 0.788 bits per heavy atom. The number of para-hydroxylation sites is 1. The minimum atomic E-state index is -0.129. The van der Waals surface area contributed by atoms with Crippen LogP contribution in [0.25, 0.3) is 21.9 Å². The smallest absolute Gasteiger partial charge is 0.0564 e. The van der Waals surface area contributed by atoms with Crippen molar-refractivity contribution in [1.82, 2.24) is 0 Å². The van der Waals surface area contributed by atoms with E-state index in [0.29, 0.717) is 0 Å². The molecule has 0 bridgehead atoms. The third kappa shape index (κ3) is 7.12. The molecule has 0 fully saturated rings. The summed E-state index contributed by atoms with van der Waals surface area (Å²) in [5.74, 6) is 0. The molecule has 0 aliphatic carbocycles. The fraction of sp³-hybridized carbons (Fsp3) is 0.200. The van der Waals surface area contributed by atoms with Gasteiger partial charge < -0.3 is 9.80 Å². The minimum absolute atomic E-state index is 0.0486. The third-order valence-corrected chi connectivity index (χ3v) is 10.1. The lowest BCUT2D eigenvalue weighted by Gasteiger charge is -2.35. The van der Waals surface area contributed by atoms with Crippen LogP contribution in [0.1, 0.15) is 63.8 Å². The van der Waals surface area contributed by atoms with Gasteiger partial charge in [-0.25, -0.2) is 0 Å². The van der Waals surface area contributed by atoms with Gasteiger partial charge in [0.2, 0.25) is 0 Å². The van der Waals surface area contributed by atoms with Crippen LogP contribution in [-0.4, -0.2) is 0 Å². The van der Waals surface area contributed by atoms with E-state index >= 15 is 0 Å². The second-order valence-corrected chi connectivity index (χ2v) is 16.2. The van der Waals surface area contributed by atoms with Crippen molar-refractivity contribution in [2.75, 3.05) is 9.80 Å². The molecule has 2 heteroatoms. The molecule has 0 aromatic heterocycles. The van der Waals surface area contributed by atoms with Crippen molar-refractivity contribution in [3.63, 3.8) is 0 Å². The number of nitrogens with zero attached hydrogens (tertiary/aromatic N) is 2. The maximum atomic E-state index is 2.47. The number of fused-ring (bicyclic) bond motifs is 1. The lowest BCUT2D eigenvalue weighted by Crippen LogP contribution is -2.19. The van der Waals surface area contributed by atoms with Gasteiger partial charge in [-0.2, -0.15) is 0 Å². The van der Waals surface area contributed by atoms with Gasteiger partial charge in [-0.15, -0.1) is 0 Å². The Bertz CT molecular complexity index is 2300. The molecule has 0 saturated heterocycles. The second-order valence-electron chi connectivity index (χ2n) is 16.2. The molecule has 0 amide bonds. The molecule has 0 atom stereocenters. The van der Waals surface area contributed by atoms with Crippen LogP contribution in [0.2, 0.25) is 0 Å². The van der Waals surface area contributed by atoms with Crippen molar-refractivity contribution in [3.05, 3.63) is 180 Å². The molecule has 2 nitrogen and oxygen atoms in total. The lowest BCUT2D eigenvalue weighted by atomic mass is 9.83. The van der Waals surface area contributed by atoms with Crippen LogP contribution in [0.15, 0.2) is 158 Å². The summed E-state index contributed by atoms with van der Waals surface area (Å²) in [5.41, 5.74) is 14.1. The number of aryl methyl sites for hydroxylation is 2. The Balaban J connectivity index is 1.63. The largest absolute Gasteiger partial charge is 0.310 e. The number of hydrogen-bond acceptors (Lipinski definition) is 2. The van der Waals surface area contributed by atoms with Crippen LogP contribution in [0.4, 0.5) is 34.1 Å². The molecule has 7 aromatic carbocycles. The first-order valence-electron chi connectivity index (χ1n) is 18.4. The van der Waals surface area contributed by atoms with E-state index in [-0.39, 0.29) is 10.8 Å². The maximum Gasteiger partial charge on any atom is 0.0564 e. The highest BCUT2D eigenvalue weighted by Gasteiger charge is 2.28. The zero-order chi connectivity index (χ0) is 36.6. The minimum Gasteiger partial charge on any atom is -0.310 e. The first-order chi connectivity index (χ1) is 24.9. The van der Waals surface area contributed by atoms with E-state index in [4.69, 9.17) is 0 Å². The average molecular weight is 679 g/mol. The molecule has 0 spiro atoms. The topological polar surface area (TPSA) is 6.48 Å². The highest BCUT2D eigenvalue weighted by atomic mass is 15.2. The summed E-state index contributed by atoms with van der Waals surface area (Å²) in [6.45, 7) is 18.1. The molecule has 0 heterocycles. The summed E-state index contributed by atoms with van der Waals surface area (Å²) in [4.78, 5) is 4.91. The summed E-state index contributed by atoms with van der Waals surface area (Å²) < 4.78 is 0. The molecule has 7 rings (SSSR count). The van der Waals surface area contributed by atoms with Crippen LogP contribution in [0.5, 0.6) is 0 Å². The summed E-state index contributed by atoms with van der Waals surface area (Å²) >= 11 is 0. The number of anilines is 6. The third-order valence-electron chi connectivity index (χ3n) is 10.1. The SMILES string of the molecule is Cc1ccc(N(c2ccccc2)c2cc(C(C)(C)C)cc(N(c3ccc(C)cc3)c3ccc(C(C)(C)C)cc3)c2-c2ccc3ccccc3c2)cc1. The molecule has 52 heavy (non-hydrogen) atoms. The molecule has 7 aromatic rings. The molecular weight excluding hydrogens is 629 g/mol. The predicted octanol–water partition coefficient (Wildman–Crippen LogP) is 14.7. The van der Waals surface area contributed by atoms with Crippen LogP contribution in [0.3, 0.4) is 0 Å². The predicted molar refractivity (Wildman–Crippen MR) is 226 cm³/mol. The fourth-order valence-corrected chi connectivity index (χ4v) is 6.97. The Hall–Kier alpha value is -5.60. The zero-order valence-electron chi connectivity index (χ0n) is 31.9. The Kier molecular flexibility index (Phi) is 9.27. The van der Waals surface area contributed by atoms with E-state index in [0.717, 1.165) is 34.1 Å². The lowest BCUT2D eigenvalue weighted by molar-refractivity contribution is 0.590. The quantitative estimate of drug-likeness (QED) is 0.166. The highest BCUT2D eigenvalue weighted by molar-refractivity contribution is 6.01. The zero-order valence-corrected chi connectivity index (χ0v) is 31.9. The van der Waals surface area contributed by atoms with Crippen molar-refractivity contribution in [1.29, 1.82) is 0 Å². The highest BCUT2D eigenvalue weighted by Crippen LogP contribution is 2.51. The van der Waals surface area contributed by atoms with E-state index in [1.54, 1.807) is 0 Å². The van der Waals surface area contributed by atoms with E-state index in [1.807, 2.05) is 0 Å². The van der Waals surface area contributed by atoms with Crippen molar-refractivity contribution in [2.24, 2.45) is 0 Å². The van der Waals surface area contributed by atoms with Crippen molar-refractivity contribution < 1.29 is 0 Å². The number of hydrogen-bond donors (Lipinski definition) is 0. The van der Waals surface area contributed by atoms with Crippen LogP contribution < -0.4 is 9.80 Å². The van der Waals surface area contributed by atoms with E-state index < -0.39 is 0 Å². The van der Waals surface area contributed by atoms with Gasteiger partial charge in [0.05, 0.1) is 11.4 Å². The molecule has 0 aliphatic rings. The van der Waals surface area contributed by atoms with Crippen LogP contribution >= 0.6 is 0 Å². The van der Waals surface area contributed by atoms with Gasteiger partial charge in [-0.1, -0.05) is 144 Å². The summed E-state index contributed by atoms with van der Waals surface area (Å²) in [6.07, 6.45) is 0. The van der Waals surface area contributed by atoms with Gasteiger partial charge in [0, 0.05) is 28.3 Å². The van der Waals surface area contributed by atoms with Gasteiger partial charge in [0.15, 0.2) is 0 Å². The van der Waals surface area contributed by atoms with E-state index in [1.165, 1.54) is 44.2 Å². The summed E-state index contributed by atoms with van der Waals surface area (Å²) in [6, 6.07) is 58.3. The van der Waals surface area contributed by atoms with Gasteiger partial charge in [0.25, 0.3) is 0 Å². The maximum absolute atomic E-state index is 2.47. The number of rotatable bonds is 7. The molecule has 0 saturated carbocycles. The Morgan fingerprint density at radius 1 is 0.365 bits per heavy atom. The first-order valence-corrected chi connectivity index (χ1v) is 18.4. The van der Waals surface area contributed by atoms with Crippen LogP contribution in [-0.2, 0) is 10.8 Å². The van der Waals surface area contributed by atoms with Gasteiger partial charge >= 0.3 is 0 Å². The Morgan fingerprint density at radius 3 is 1.27 bits per heavy atom. The molecule has 0 radical (unpaired) electrons. The monoisotopic (exact) mass is 678 g/mol. The van der Waals surface area contributed by atoms with Crippen molar-refractivity contribution >= 4 is 44.9 Å². The van der Waals surface area contributed by atoms with Gasteiger partial charge in [-0.05, 0) is 119 Å². The van der Waals surface area contributed by atoms with E-state index in [2.05, 4.69) is 223 Å². The second kappa shape index (κ2) is 13.8. The first kappa shape index (κ1) is 34.8. The van der Waals surface area contributed by atoms with E-state index in [9.17, 15) is 0 Å². The average Bonchev–Trinajstić information content (AvgIpc) is 3.13. The summed E-state index contributed by atoms with van der Waals surface area (Å²) in [7, 11) is 0. The Labute approximate surface area is 311 Å². The molecule has 0 unspecified atom stereocenters. The molecule has 0 N–H and O–H groups in total. The molecule has 0 aliphatic heterocycles. The van der Waals surface area contributed by atoms with Crippen molar-refractivity contribution in [2.45, 2.75) is 66.2 Å². The van der Waals surface area contributed by atoms with Crippen LogP contribution in [0, 0.1) is 13.8 Å². The number of benzene rings is 7. The molecule has 260 valence electrons.